The fourth-order valence-electron chi connectivity index (χ4n) is 6.02. The van der Waals surface area contributed by atoms with Crippen molar-refractivity contribution in [3.63, 3.8) is 0 Å². The van der Waals surface area contributed by atoms with Crippen LogP contribution in [0.5, 0.6) is 0 Å². The summed E-state index contributed by atoms with van der Waals surface area (Å²) >= 11 is 0. The van der Waals surface area contributed by atoms with E-state index in [4.69, 9.17) is 0 Å². The zero-order valence-corrected chi connectivity index (χ0v) is 32.2. The fourth-order valence-corrected chi connectivity index (χ4v) is 6.75. The lowest BCUT2D eigenvalue weighted by Gasteiger charge is -2.21. The largest absolute Gasteiger partial charge is 0.387 e. The van der Waals surface area contributed by atoms with Gasteiger partial charge in [-0.25, -0.2) is 0 Å². The maximum absolute atomic E-state index is 12.5. The molecule has 1 amide bonds. The number of carbonyl (C=O) groups is 1. The molecule has 6 nitrogen and oxygen atoms in total. The Bertz CT molecular complexity index is 899. The molecule has 0 aliphatic heterocycles. The molecule has 2 unspecified atom stereocenters. The Kier molecular flexibility index (Phi) is 34.3. The highest BCUT2D eigenvalue weighted by Gasteiger charge is 2.24. The first-order chi connectivity index (χ1) is 23.3. The predicted molar refractivity (Wildman–Crippen MR) is 207 cm³/mol. The predicted octanol–water partition coefficient (Wildman–Crippen LogP) is 11.7. The van der Waals surface area contributed by atoms with Gasteiger partial charge in [-0.3, -0.25) is 9.35 Å². The third kappa shape index (κ3) is 35.9. The zero-order chi connectivity index (χ0) is 35.4. The molecule has 0 rings (SSSR count). The summed E-state index contributed by atoms with van der Waals surface area (Å²) in [5.74, 6) is -1.00. The van der Waals surface area contributed by atoms with Crippen molar-refractivity contribution in [2.45, 2.75) is 212 Å². The monoisotopic (exact) mass is 696 g/mol. The molecule has 3 N–H and O–H groups in total. The average Bonchev–Trinajstić information content (AvgIpc) is 3.05. The van der Waals surface area contributed by atoms with Crippen LogP contribution in [0.15, 0.2) is 36.5 Å². The van der Waals surface area contributed by atoms with Gasteiger partial charge in [0, 0.05) is 6.42 Å². The van der Waals surface area contributed by atoms with E-state index >= 15 is 0 Å². The fraction of sp³-hybridized carbons (Fsp3) is 0.829. The Labute approximate surface area is 297 Å². The minimum Gasteiger partial charge on any atom is -0.387 e. The number of amides is 1. The number of unbranched alkanes of at least 4 members (excludes halogenated alkanes) is 24. The molecule has 0 saturated heterocycles. The molecule has 0 spiro atoms. The molecule has 0 aliphatic rings. The van der Waals surface area contributed by atoms with Gasteiger partial charge in [0.1, 0.15) is 0 Å². The summed E-state index contributed by atoms with van der Waals surface area (Å²) in [6.45, 7) is 4.45. The molecule has 0 fully saturated rings. The minimum atomic E-state index is -4.35. The highest BCUT2D eigenvalue weighted by Crippen LogP contribution is 2.15. The summed E-state index contributed by atoms with van der Waals surface area (Å²) in [4.78, 5) is 12.5. The number of allylic oxidation sites excluding steroid dienone is 5. The second kappa shape index (κ2) is 35.4. The van der Waals surface area contributed by atoms with Crippen LogP contribution in [0.25, 0.3) is 0 Å². The van der Waals surface area contributed by atoms with Gasteiger partial charge in [-0.2, -0.15) is 8.42 Å². The van der Waals surface area contributed by atoms with E-state index in [2.05, 4.69) is 43.5 Å². The summed E-state index contributed by atoms with van der Waals surface area (Å²) in [5, 5.41) is 13.1. The lowest BCUT2D eigenvalue weighted by Crippen LogP contribution is -2.46. The smallest absolute Gasteiger partial charge is 0.267 e. The third-order valence-electron chi connectivity index (χ3n) is 9.03. The molecule has 0 bridgehead atoms. The van der Waals surface area contributed by atoms with E-state index in [-0.39, 0.29) is 12.3 Å². The zero-order valence-electron chi connectivity index (χ0n) is 31.4. The molecule has 0 aromatic heterocycles. The summed E-state index contributed by atoms with van der Waals surface area (Å²) < 4.78 is 32.4. The normalized spacial score (nSPS) is 13.7. The molecular weight excluding hydrogens is 619 g/mol. The highest BCUT2D eigenvalue weighted by molar-refractivity contribution is 7.85. The number of nitrogens with one attached hydrogen (secondary N) is 1. The van der Waals surface area contributed by atoms with E-state index in [9.17, 15) is 22.9 Å². The Balaban J connectivity index is 3.83. The van der Waals surface area contributed by atoms with Gasteiger partial charge >= 0.3 is 0 Å². The van der Waals surface area contributed by atoms with Gasteiger partial charge in [0.25, 0.3) is 10.1 Å². The van der Waals surface area contributed by atoms with Crippen molar-refractivity contribution >= 4 is 16.0 Å². The highest BCUT2D eigenvalue weighted by atomic mass is 32.2. The average molecular weight is 696 g/mol. The number of aliphatic hydroxyl groups excluding tert-OH is 1. The molecule has 0 saturated carbocycles. The Morgan fingerprint density at radius 2 is 0.896 bits per heavy atom. The lowest BCUT2D eigenvalue weighted by atomic mass is 10.0. The van der Waals surface area contributed by atoms with E-state index in [0.29, 0.717) is 6.42 Å². The molecule has 0 aromatic carbocycles. The van der Waals surface area contributed by atoms with Gasteiger partial charge in [-0.15, -0.1) is 0 Å². The minimum absolute atomic E-state index is 0.288. The van der Waals surface area contributed by atoms with Crippen LogP contribution in [0.1, 0.15) is 200 Å². The molecule has 48 heavy (non-hydrogen) atoms. The van der Waals surface area contributed by atoms with Crippen molar-refractivity contribution in [3.8, 4) is 0 Å². The van der Waals surface area contributed by atoms with E-state index in [1.54, 1.807) is 6.08 Å². The molecule has 2 atom stereocenters. The van der Waals surface area contributed by atoms with E-state index < -0.39 is 28.0 Å². The van der Waals surface area contributed by atoms with Crippen molar-refractivity contribution in [2.24, 2.45) is 0 Å². The number of rotatable bonds is 36. The summed E-state index contributed by atoms with van der Waals surface area (Å²) in [7, 11) is -4.35. The van der Waals surface area contributed by atoms with Gasteiger partial charge in [0.2, 0.25) is 5.91 Å². The summed E-state index contributed by atoms with van der Waals surface area (Å²) in [5.41, 5.74) is 0. The molecular formula is C41H77NO5S. The first-order valence-corrected chi connectivity index (χ1v) is 21.8. The van der Waals surface area contributed by atoms with Crippen molar-refractivity contribution in [1.29, 1.82) is 0 Å². The third-order valence-corrected chi connectivity index (χ3v) is 9.81. The van der Waals surface area contributed by atoms with Gasteiger partial charge in [0.05, 0.1) is 17.9 Å². The maximum Gasteiger partial charge on any atom is 0.267 e. The molecule has 0 aliphatic carbocycles. The number of carbonyl (C=O) groups excluding carboxylic acids is 1. The Morgan fingerprint density at radius 1 is 0.542 bits per heavy atom. The van der Waals surface area contributed by atoms with Crippen LogP contribution < -0.4 is 5.32 Å². The van der Waals surface area contributed by atoms with E-state index in [1.807, 2.05) is 0 Å². The van der Waals surface area contributed by atoms with E-state index in [0.717, 1.165) is 44.9 Å². The molecule has 7 heteroatoms. The molecule has 0 heterocycles. The quantitative estimate of drug-likeness (QED) is 0.0344. The van der Waals surface area contributed by atoms with Crippen LogP contribution in [0, 0.1) is 0 Å². The summed E-state index contributed by atoms with van der Waals surface area (Å²) in [6, 6.07) is -1.08. The van der Waals surface area contributed by atoms with Crippen molar-refractivity contribution in [2.75, 3.05) is 5.75 Å². The van der Waals surface area contributed by atoms with Crippen LogP contribution in [0.2, 0.25) is 0 Å². The van der Waals surface area contributed by atoms with E-state index in [1.165, 1.54) is 134 Å². The van der Waals surface area contributed by atoms with Crippen molar-refractivity contribution in [3.05, 3.63) is 36.5 Å². The molecule has 0 aromatic rings. The first-order valence-electron chi connectivity index (χ1n) is 20.2. The topological polar surface area (TPSA) is 104 Å². The number of hydrogen-bond donors (Lipinski definition) is 3. The lowest BCUT2D eigenvalue weighted by molar-refractivity contribution is -0.122. The molecule has 282 valence electrons. The van der Waals surface area contributed by atoms with Crippen LogP contribution in [-0.2, 0) is 14.9 Å². The van der Waals surface area contributed by atoms with Crippen LogP contribution in [0.3, 0.4) is 0 Å². The number of aliphatic hydroxyl groups is 1. The van der Waals surface area contributed by atoms with Crippen LogP contribution >= 0.6 is 0 Å². The second-order valence-corrected chi connectivity index (χ2v) is 15.4. The van der Waals surface area contributed by atoms with Crippen LogP contribution in [0.4, 0.5) is 0 Å². The van der Waals surface area contributed by atoms with Crippen molar-refractivity contribution < 1.29 is 22.9 Å². The maximum atomic E-state index is 12.5. The van der Waals surface area contributed by atoms with Crippen molar-refractivity contribution in [1.82, 2.24) is 5.32 Å². The first kappa shape index (κ1) is 46.6. The van der Waals surface area contributed by atoms with Gasteiger partial charge < -0.3 is 10.4 Å². The Hall–Kier alpha value is -1.44. The van der Waals surface area contributed by atoms with Crippen LogP contribution in [-0.4, -0.2) is 41.9 Å². The standard InChI is InChI=1S/C41H77NO5S/c1-3-5-7-9-11-13-15-16-17-18-19-20-21-22-23-24-25-27-29-31-33-35-37-41(44)42-39(38-48(45,46)47)40(43)36-34-32-30-28-26-14-12-10-8-6-4-2/h8,10,26,28,34,36,39-40,43H,3-7,9,11-25,27,29-33,35,37-38H2,1-2H3,(H,42,44)(H,45,46,47)/b10-8+,28-26+,36-34+. The Morgan fingerprint density at radius 3 is 1.27 bits per heavy atom. The summed E-state index contributed by atoms with van der Waals surface area (Å²) in [6.07, 6.45) is 45.8. The number of hydrogen-bond acceptors (Lipinski definition) is 4. The van der Waals surface area contributed by atoms with Gasteiger partial charge in [-0.05, 0) is 38.5 Å². The van der Waals surface area contributed by atoms with Gasteiger partial charge in [0.15, 0.2) is 0 Å². The SMILES string of the molecule is CCC/C=C/CC/C=C/CC/C=C/C(O)C(CS(=O)(=O)O)NC(=O)CCCCCCCCCCCCCCCCCCCCCCCC. The second-order valence-electron chi connectivity index (χ2n) is 13.9. The molecule has 0 radical (unpaired) electrons. The van der Waals surface area contributed by atoms with Gasteiger partial charge in [-0.1, -0.05) is 192 Å².